The first kappa shape index (κ1) is 14.3. The van der Waals surface area contributed by atoms with Crippen LogP contribution < -0.4 is 5.73 Å². The lowest BCUT2D eigenvalue weighted by molar-refractivity contribution is 0.577. The van der Waals surface area contributed by atoms with Gasteiger partial charge in [0.25, 0.3) is 0 Å². The van der Waals surface area contributed by atoms with Crippen molar-refractivity contribution in [3.05, 3.63) is 68.7 Å². The van der Waals surface area contributed by atoms with Crippen LogP contribution in [0.5, 0.6) is 0 Å². The molecule has 0 fully saturated rings. The molecule has 0 aliphatic rings. The predicted molar refractivity (Wildman–Crippen MR) is 73.6 cm³/mol. The van der Waals surface area contributed by atoms with Crippen LogP contribution in [0.25, 0.3) is 0 Å². The lowest BCUT2D eigenvalue weighted by Crippen LogP contribution is -2.14. The molecule has 2 N–H and O–H groups in total. The molecule has 0 aromatic heterocycles. The second-order valence-electron chi connectivity index (χ2n) is 4.27. The molecule has 2 aromatic carbocycles. The average molecular weight is 302 g/mol. The van der Waals surface area contributed by atoms with E-state index in [0.717, 1.165) is 17.7 Å². The van der Waals surface area contributed by atoms with Gasteiger partial charge < -0.3 is 5.73 Å². The van der Waals surface area contributed by atoms with Crippen molar-refractivity contribution in [2.45, 2.75) is 13.0 Å². The van der Waals surface area contributed by atoms with Gasteiger partial charge in [0.1, 0.15) is 11.6 Å². The molecule has 0 heterocycles. The second kappa shape index (κ2) is 5.45. The summed E-state index contributed by atoms with van der Waals surface area (Å²) < 4.78 is 27.2. The molecule has 19 heavy (non-hydrogen) atoms. The van der Waals surface area contributed by atoms with Gasteiger partial charge >= 0.3 is 0 Å². The van der Waals surface area contributed by atoms with Crippen LogP contribution in [0.2, 0.25) is 10.0 Å². The summed E-state index contributed by atoms with van der Waals surface area (Å²) in [5.41, 5.74) is 7.49. The summed E-state index contributed by atoms with van der Waals surface area (Å²) in [7, 11) is 0. The number of nitrogens with two attached hydrogens (primary N) is 1. The van der Waals surface area contributed by atoms with Crippen molar-refractivity contribution in [3.63, 3.8) is 0 Å². The van der Waals surface area contributed by atoms with Crippen LogP contribution >= 0.6 is 23.2 Å². The van der Waals surface area contributed by atoms with E-state index in [4.69, 9.17) is 28.9 Å². The third-order valence-electron chi connectivity index (χ3n) is 2.93. The first-order chi connectivity index (χ1) is 8.90. The molecule has 5 heteroatoms. The topological polar surface area (TPSA) is 26.0 Å². The third-order valence-corrected chi connectivity index (χ3v) is 3.63. The molecule has 1 nitrogen and oxygen atoms in total. The zero-order chi connectivity index (χ0) is 14.2. The van der Waals surface area contributed by atoms with Gasteiger partial charge in [-0.3, -0.25) is 0 Å². The Kier molecular flexibility index (Phi) is 4.09. The van der Waals surface area contributed by atoms with Gasteiger partial charge in [0, 0.05) is 10.6 Å². The highest BCUT2D eigenvalue weighted by Gasteiger charge is 2.17. The Hall–Kier alpha value is -1.16. The standard InChI is InChI=1S/C14H11Cl2F2N/c1-7-2-3-8(4-10(7)15)14(19)9-5-13(18)11(16)6-12(9)17/h2-6,14H,19H2,1H3. The number of rotatable bonds is 2. The maximum absolute atomic E-state index is 13.8. The van der Waals surface area contributed by atoms with E-state index in [1.54, 1.807) is 18.2 Å². The number of aryl methyl sites for hydroxylation is 1. The minimum Gasteiger partial charge on any atom is -0.320 e. The predicted octanol–water partition coefficient (Wildman–Crippen LogP) is 4.63. The van der Waals surface area contributed by atoms with Crippen molar-refractivity contribution in [2.75, 3.05) is 0 Å². The Morgan fingerprint density at radius 3 is 2.32 bits per heavy atom. The Morgan fingerprint density at radius 2 is 1.68 bits per heavy atom. The molecule has 0 amide bonds. The summed E-state index contributed by atoms with van der Waals surface area (Å²) in [5.74, 6) is -1.35. The second-order valence-corrected chi connectivity index (χ2v) is 5.09. The molecule has 0 radical (unpaired) electrons. The SMILES string of the molecule is Cc1ccc(C(N)c2cc(F)c(Cl)cc2F)cc1Cl. The molecular weight excluding hydrogens is 291 g/mol. The molecule has 2 rings (SSSR count). The monoisotopic (exact) mass is 301 g/mol. The summed E-state index contributed by atoms with van der Waals surface area (Å²) in [5, 5.41) is 0.262. The van der Waals surface area contributed by atoms with E-state index in [1.165, 1.54) is 0 Å². The maximum Gasteiger partial charge on any atom is 0.142 e. The minimum absolute atomic E-state index is 0.0434. The molecule has 0 saturated heterocycles. The molecule has 1 atom stereocenters. The lowest BCUT2D eigenvalue weighted by atomic mass is 9.98. The van der Waals surface area contributed by atoms with E-state index >= 15 is 0 Å². The van der Waals surface area contributed by atoms with Crippen LogP contribution in [0, 0.1) is 18.6 Å². The van der Waals surface area contributed by atoms with Crippen molar-refractivity contribution in [2.24, 2.45) is 5.73 Å². The smallest absolute Gasteiger partial charge is 0.142 e. The van der Waals surface area contributed by atoms with Gasteiger partial charge in [0.2, 0.25) is 0 Å². The van der Waals surface area contributed by atoms with Crippen molar-refractivity contribution in [1.29, 1.82) is 0 Å². The highest BCUT2D eigenvalue weighted by molar-refractivity contribution is 6.31. The first-order valence-corrected chi connectivity index (χ1v) is 6.32. The fraction of sp³-hybridized carbons (Fsp3) is 0.143. The van der Waals surface area contributed by atoms with Crippen molar-refractivity contribution in [3.8, 4) is 0 Å². The zero-order valence-corrected chi connectivity index (χ0v) is 11.6. The van der Waals surface area contributed by atoms with Crippen molar-refractivity contribution < 1.29 is 8.78 Å². The zero-order valence-electron chi connectivity index (χ0n) is 10.1. The molecular formula is C14H11Cl2F2N. The molecule has 2 aromatic rings. The average Bonchev–Trinajstić information content (AvgIpc) is 2.36. The Labute approximate surface area is 119 Å². The van der Waals surface area contributed by atoms with E-state index in [1.807, 2.05) is 6.92 Å². The highest BCUT2D eigenvalue weighted by Crippen LogP contribution is 2.28. The van der Waals surface area contributed by atoms with E-state index < -0.39 is 17.7 Å². The van der Waals surface area contributed by atoms with Gasteiger partial charge in [-0.2, -0.15) is 0 Å². The molecule has 0 saturated carbocycles. The van der Waals surface area contributed by atoms with Crippen LogP contribution in [0.15, 0.2) is 30.3 Å². The quantitative estimate of drug-likeness (QED) is 0.804. The van der Waals surface area contributed by atoms with Crippen LogP contribution in [0.1, 0.15) is 22.7 Å². The molecule has 1 unspecified atom stereocenters. The van der Waals surface area contributed by atoms with Gasteiger partial charge in [-0.1, -0.05) is 35.3 Å². The summed E-state index contributed by atoms with van der Waals surface area (Å²) in [6, 6.07) is 6.29. The Bertz CT molecular complexity index is 629. The van der Waals surface area contributed by atoms with Crippen molar-refractivity contribution in [1.82, 2.24) is 0 Å². The maximum atomic E-state index is 13.8. The lowest BCUT2D eigenvalue weighted by Gasteiger charge is -2.15. The number of halogens is 4. The summed E-state index contributed by atoms with van der Waals surface area (Å²) in [6.45, 7) is 1.85. The largest absolute Gasteiger partial charge is 0.320 e. The van der Waals surface area contributed by atoms with Crippen LogP contribution in [-0.2, 0) is 0 Å². The van der Waals surface area contributed by atoms with Gasteiger partial charge in [-0.15, -0.1) is 0 Å². The van der Waals surface area contributed by atoms with Gasteiger partial charge in [0.15, 0.2) is 0 Å². The Balaban J connectivity index is 2.46. The van der Waals surface area contributed by atoms with E-state index in [9.17, 15) is 8.78 Å². The number of benzene rings is 2. The fourth-order valence-corrected chi connectivity index (χ4v) is 2.10. The van der Waals surface area contributed by atoms with Gasteiger partial charge in [-0.05, 0) is 36.2 Å². The van der Waals surface area contributed by atoms with Gasteiger partial charge in [-0.25, -0.2) is 8.78 Å². The first-order valence-electron chi connectivity index (χ1n) is 5.56. The molecule has 0 aliphatic carbocycles. The Morgan fingerprint density at radius 1 is 1.00 bits per heavy atom. The number of hydrogen-bond acceptors (Lipinski definition) is 1. The summed E-state index contributed by atoms with van der Waals surface area (Å²) in [4.78, 5) is 0. The third kappa shape index (κ3) is 2.89. The molecule has 100 valence electrons. The van der Waals surface area contributed by atoms with E-state index in [0.29, 0.717) is 10.6 Å². The van der Waals surface area contributed by atoms with E-state index in [-0.39, 0.29) is 10.6 Å². The normalized spacial score (nSPS) is 12.5. The van der Waals surface area contributed by atoms with Crippen molar-refractivity contribution >= 4 is 23.2 Å². The van der Waals surface area contributed by atoms with Crippen LogP contribution in [0.3, 0.4) is 0 Å². The highest BCUT2D eigenvalue weighted by atomic mass is 35.5. The molecule has 0 aliphatic heterocycles. The summed E-state index contributed by atoms with van der Waals surface area (Å²) in [6.07, 6.45) is 0. The summed E-state index contributed by atoms with van der Waals surface area (Å²) >= 11 is 11.5. The molecule has 0 spiro atoms. The number of hydrogen-bond donors (Lipinski definition) is 1. The molecule has 0 bridgehead atoms. The van der Waals surface area contributed by atoms with Gasteiger partial charge in [0.05, 0.1) is 11.1 Å². The fourth-order valence-electron chi connectivity index (χ4n) is 1.76. The van der Waals surface area contributed by atoms with Crippen LogP contribution in [-0.4, -0.2) is 0 Å². The minimum atomic E-state index is -0.801. The van der Waals surface area contributed by atoms with Crippen LogP contribution in [0.4, 0.5) is 8.78 Å². The van der Waals surface area contributed by atoms with E-state index in [2.05, 4.69) is 0 Å².